The Morgan fingerprint density at radius 3 is 1.75 bits per heavy atom. The summed E-state index contributed by atoms with van der Waals surface area (Å²) in [6, 6.07) is 1.69. The minimum absolute atomic E-state index is 1.18. The summed E-state index contributed by atoms with van der Waals surface area (Å²) >= 11 is 0. The first-order valence-corrected chi connectivity index (χ1v) is 2.83. The van der Waals surface area contributed by atoms with Crippen molar-refractivity contribution in [3.63, 3.8) is 0 Å². The lowest BCUT2D eigenvalue weighted by Crippen LogP contribution is -1.47. The van der Waals surface area contributed by atoms with Gasteiger partial charge < -0.3 is 0 Å². The van der Waals surface area contributed by atoms with Crippen molar-refractivity contribution in [3.05, 3.63) is 12.7 Å². The lowest BCUT2D eigenvalue weighted by atomic mass is 10.4. The van der Waals surface area contributed by atoms with E-state index in [-0.39, 0.29) is 0 Å². The van der Waals surface area contributed by atoms with Gasteiger partial charge in [0, 0.05) is 6.08 Å². The van der Waals surface area contributed by atoms with Gasteiger partial charge in [-0.2, -0.15) is 5.26 Å². The molecule has 0 saturated carbocycles. The fraction of sp³-hybridized carbons (Fsp3) is 0.571. The molecule has 0 aromatic rings. The van der Waals surface area contributed by atoms with Crippen molar-refractivity contribution in [3.8, 4) is 6.07 Å². The van der Waals surface area contributed by atoms with Crippen molar-refractivity contribution in [2.45, 2.75) is 26.7 Å². The van der Waals surface area contributed by atoms with Crippen LogP contribution in [0.5, 0.6) is 0 Å². The number of nitrogens with zero attached hydrogens (tertiary/aromatic N) is 1. The monoisotopic (exact) mass is 111 g/mol. The third-order valence-corrected chi connectivity index (χ3v) is 0.591. The van der Waals surface area contributed by atoms with Gasteiger partial charge in [0.1, 0.15) is 0 Å². The van der Waals surface area contributed by atoms with Crippen molar-refractivity contribution in [2.75, 3.05) is 0 Å². The predicted molar refractivity (Wildman–Crippen MR) is 36.4 cm³/mol. The van der Waals surface area contributed by atoms with E-state index < -0.39 is 0 Å². The quantitative estimate of drug-likeness (QED) is 0.477. The second-order valence-corrected chi connectivity index (χ2v) is 1.33. The van der Waals surface area contributed by atoms with E-state index in [4.69, 9.17) is 5.26 Å². The van der Waals surface area contributed by atoms with Crippen molar-refractivity contribution in [2.24, 2.45) is 0 Å². The molecule has 0 bridgehead atoms. The summed E-state index contributed by atoms with van der Waals surface area (Å²) in [7, 11) is 0. The Labute approximate surface area is 51.6 Å². The van der Waals surface area contributed by atoms with Gasteiger partial charge in [-0.05, 0) is 0 Å². The first-order chi connectivity index (χ1) is 3.83. The maximum absolute atomic E-state index is 7.51. The van der Waals surface area contributed by atoms with Crippen molar-refractivity contribution in [1.82, 2.24) is 0 Å². The number of hydrogen-bond donors (Lipinski definition) is 0. The van der Waals surface area contributed by atoms with Gasteiger partial charge in [0.05, 0.1) is 6.07 Å². The van der Waals surface area contributed by atoms with Crippen molar-refractivity contribution >= 4 is 0 Å². The topological polar surface area (TPSA) is 23.8 Å². The van der Waals surface area contributed by atoms with Gasteiger partial charge in [-0.25, -0.2) is 0 Å². The number of nitriles is 1. The molecule has 0 N–H and O–H groups in total. The molecule has 0 aliphatic rings. The fourth-order valence-electron chi connectivity index (χ4n) is 0. The Hall–Kier alpha value is -0.770. The van der Waals surface area contributed by atoms with Crippen LogP contribution in [0.1, 0.15) is 26.7 Å². The van der Waals surface area contributed by atoms with E-state index in [1.54, 1.807) is 6.07 Å². The van der Waals surface area contributed by atoms with Crippen LogP contribution >= 0.6 is 0 Å². The fourth-order valence-corrected chi connectivity index (χ4v) is 0. The molecule has 0 atom stereocenters. The van der Waals surface area contributed by atoms with E-state index in [2.05, 4.69) is 20.4 Å². The van der Waals surface area contributed by atoms with Crippen LogP contribution in [0.4, 0.5) is 0 Å². The second-order valence-electron chi connectivity index (χ2n) is 1.33. The highest BCUT2D eigenvalue weighted by Gasteiger charge is 1.56. The molecule has 0 aromatic heterocycles. The second kappa shape index (κ2) is 16.3. The highest BCUT2D eigenvalue weighted by molar-refractivity contribution is 4.93. The first kappa shape index (κ1) is 10.3. The maximum Gasteiger partial charge on any atom is 0.0905 e. The van der Waals surface area contributed by atoms with Gasteiger partial charge in [0.15, 0.2) is 0 Å². The van der Waals surface area contributed by atoms with Crippen molar-refractivity contribution < 1.29 is 0 Å². The molecular weight excluding hydrogens is 98.1 g/mol. The highest BCUT2D eigenvalue weighted by atomic mass is 14.2. The van der Waals surface area contributed by atoms with E-state index in [1.807, 2.05) is 0 Å². The molecule has 0 spiro atoms. The highest BCUT2D eigenvalue weighted by Crippen LogP contribution is 1.76. The average molecular weight is 111 g/mol. The van der Waals surface area contributed by atoms with Crippen LogP contribution in [-0.2, 0) is 0 Å². The van der Waals surface area contributed by atoms with Gasteiger partial charge in [0.2, 0.25) is 0 Å². The van der Waals surface area contributed by atoms with Crippen LogP contribution in [0.15, 0.2) is 12.7 Å². The molecule has 0 aliphatic heterocycles. The third kappa shape index (κ3) is 61.9. The lowest BCUT2D eigenvalue weighted by molar-refractivity contribution is 0.886. The van der Waals surface area contributed by atoms with Gasteiger partial charge in [-0.1, -0.05) is 33.3 Å². The molecule has 0 saturated heterocycles. The Kier molecular flexibility index (Phi) is 20.9. The zero-order valence-electron chi connectivity index (χ0n) is 5.65. The average Bonchev–Trinajstić information content (AvgIpc) is 1.88. The summed E-state index contributed by atoms with van der Waals surface area (Å²) in [6.45, 7) is 7.48. The molecule has 0 heterocycles. The zero-order valence-corrected chi connectivity index (χ0v) is 5.65. The summed E-state index contributed by atoms with van der Waals surface area (Å²) in [5, 5.41) is 7.51. The van der Waals surface area contributed by atoms with Crippen LogP contribution < -0.4 is 0 Å². The predicted octanol–water partition coefficient (Wildman–Crippen LogP) is 2.50. The molecule has 0 radical (unpaired) electrons. The minimum atomic E-state index is 1.18. The van der Waals surface area contributed by atoms with E-state index in [0.717, 1.165) is 0 Å². The molecule has 0 unspecified atom stereocenters. The van der Waals surface area contributed by atoms with Crippen LogP contribution in [-0.4, -0.2) is 0 Å². The van der Waals surface area contributed by atoms with E-state index in [0.29, 0.717) is 0 Å². The molecular formula is C7H13N. The SMILES string of the molecule is C=CC#N.CCCC. The summed E-state index contributed by atoms with van der Waals surface area (Å²) in [4.78, 5) is 0. The van der Waals surface area contributed by atoms with E-state index in [9.17, 15) is 0 Å². The van der Waals surface area contributed by atoms with Crippen LogP contribution in [0.2, 0.25) is 0 Å². The molecule has 0 aliphatic carbocycles. The zero-order chi connectivity index (χ0) is 6.83. The number of allylic oxidation sites excluding steroid dienone is 1. The summed E-state index contributed by atoms with van der Waals surface area (Å²) in [6.07, 6.45) is 3.82. The summed E-state index contributed by atoms with van der Waals surface area (Å²) < 4.78 is 0. The summed E-state index contributed by atoms with van der Waals surface area (Å²) in [5.41, 5.74) is 0. The summed E-state index contributed by atoms with van der Waals surface area (Å²) in [5.74, 6) is 0. The van der Waals surface area contributed by atoms with E-state index in [1.165, 1.54) is 18.9 Å². The molecule has 8 heavy (non-hydrogen) atoms. The Morgan fingerprint density at radius 2 is 1.75 bits per heavy atom. The Bertz CT molecular complexity index is 66.9. The van der Waals surface area contributed by atoms with Crippen molar-refractivity contribution in [1.29, 1.82) is 5.26 Å². The molecule has 1 heteroatoms. The first-order valence-electron chi connectivity index (χ1n) is 2.83. The standard InChI is InChI=1S/C4H10.C3H3N/c1-3-4-2;1-2-3-4/h3-4H2,1-2H3;2H,1H2. The molecule has 0 aromatic carbocycles. The largest absolute Gasteiger partial charge is 0.193 e. The van der Waals surface area contributed by atoms with Gasteiger partial charge >= 0.3 is 0 Å². The number of rotatable bonds is 1. The minimum Gasteiger partial charge on any atom is -0.193 e. The van der Waals surface area contributed by atoms with Crippen LogP contribution in [0.3, 0.4) is 0 Å². The van der Waals surface area contributed by atoms with Gasteiger partial charge in [-0.15, -0.1) is 0 Å². The maximum atomic E-state index is 7.51. The number of unbranched alkanes of at least 4 members (excludes halogenated alkanes) is 1. The lowest BCUT2D eigenvalue weighted by Gasteiger charge is -1.68. The normalized spacial score (nSPS) is 5.62. The smallest absolute Gasteiger partial charge is 0.0905 e. The molecule has 0 rings (SSSR count). The van der Waals surface area contributed by atoms with Crippen LogP contribution in [0, 0.1) is 11.3 Å². The van der Waals surface area contributed by atoms with E-state index >= 15 is 0 Å². The van der Waals surface area contributed by atoms with Gasteiger partial charge in [-0.3, -0.25) is 0 Å². The molecule has 46 valence electrons. The molecule has 0 amide bonds. The Balaban J connectivity index is 0. The molecule has 0 fully saturated rings. The molecule has 1 nitrogen and oxygen atoms in total. The number of hydrogen-bond acceptors (Lipinski definition) is 1. The third-order valence-electron chi connectivity index (χ3n) is 0.591. The Morgan fingerprint density at radius 1 is 1.50 bits per heavy atom. The van der Waals surface area contributed by atoms with Crippen LogP contribution in [0.25, 0.3) is 0 Å². The van der Waals surface area contributed by atoms with Gasteiger partial charge in [0.25, 0.3) is 0 Å².